The lowest BCUT2D eigenvalue weighted by Gasteiger charge is -2.36. The monoisotopic (exact) mass is 356 g/mol. The van der Waals surface area contributed by atoms with E-state index in [-0.39, 0.29) is 24.9 Å². The van der Waals surface area contributed by atoms with Crippen molar-refractivity contribution in [3.8, 4) is 0 Å². The number of aliphatic hydroxyl groups excluding tert-OH is 1. The van der Waals surface area contributed by atoms with E-state index in [4.69, 9.17) is 0 Å². The average molecular weight is 357 g/mol. The molecule has 1 amide bonds. The molecular weight excluding hydrogens is 336 g/mol. The molecule has 1 aliphatic heterocycles. The highest BCUT2D eigenvalue weighted by atomic mass is 35.5. The van der Waals surface area contributed by atoms with E-state index >= 15 is 0 Å². The van der Waals surface area contributed by atoms with Gasteiger partial charge in [0.05, 0.1) is 6.10 Å². The molecule has 6 nitrogen and oxygen atoms in total. The molecule has 2 aromatic rings. The van der Waals surface area contributed by atoms with Gasteiger partial charge in [0.25, 0.3) is 0 Å². The van der Waals surface area contributed by atoms with Crippen molar-refractivity contribution in [3.05, 3.63) is 40.8 Å². The first-order chi connectivity index (χ1) is 10.7. The largest absolute Gasteiger partial charge is 0.387 e. The van der Waals surface area contributed by atoms with Crippen molar-refractivity contribution in [1.29, 1.82) is 0 Å². The SMILES string of the molecule is Cl.O=C(NCC(O)c1ccsc1)C1(n2cccn2)CCNCC1. The van der Waals surface area contributed by atoms with Crippen molar-refractivity contribution in [2.45, 2.75) is 24.5 Å². The Hall–Kier alpha value is -1.41. The minimum atomic E-state index is -0.674. The summed E-state index contributed by atoms with van der Waals surface area (Å²) >= 11 is 1.53. The van der Waals surface area contributed by atoms with Crippen LogP contribution in [-0.2, 0) is 10.3 Å². The summed E-state index contributed by atoms with van der Waals surface area (Å²) in [5.74, 6) is -0.0769. The fourth-order valence-electron chi connectivity index (χ4n) is 2.86. The van der Waals surface area contributed by atoms with Gasteiger partial charge >= 0.3 is 0 Å². The van der Waals surface area contributed by atoms with Crippen LogP contribution in [0.4, 0.5) is 0 Å². The number of hydrogen-bond donors (Lipinski definition) is 3. The first-order valence-electron chi connectivity index (χ1n) is 7.42. The molecule has 0 aromatic carbocycles. The molecule has 1 saturated heterocycles. The highest BCUT2D eigenvalue weighted by Gasteiger charge is 2.41. The predicted octanol–water partition coefficient (Wildman–Crippen LogP) is 1.29. The molecule has 0 spiro atoms. The van der Waals surface area contributed by atoms with Crippen LogP contribution in [-0.4, -0.2) is 40.4 Å². The van der Waals surface area contributed by atoms with Crippen LogP contribution >= 0.6 is 23.7 Å². The maximum Gasteiger partial charge on any atom is 0.248 e. The maximum atomic E-state index is 12.8. The smallest absolute Gasteiger partial charge is 0.248 e. The van der Waals surface area contributed by atoms with Gasteiger partial charge in [0, 0.05) is 18.9 Å². The number of piperidine rings is 1. The molecule has 1 aliphatic rings. The van der Waals surface area contributed by atoms with E-state index < -0.39 is 11.6 Å². The summed E-state index contributed by atoms with van der Waals surface area (Å²) in [5, 5.41) is 24.4. The molecule has 0 aliphatic carbocycles. The number of halogens is 1. The predicted molar refractivity (Wildman–Crippen MR) is 91.8 cm³/mol. The zero-order chi connectivity index (χ0) is 15.4. The lowest BCUT2D eigenvalue weighted by atomic mass is 9.87. The van der Waals surface area contributed by atoms with Gasteiger partial charge in [-0.15, -0.1) is 12.4 Å². The van der Waals surface area contributed by atoms with Crippen molar-refractivity contribution < 1.29 is 9.90 Å². The summed E-state index contributed by atoms with van der Waals surface area (Å²) in [6.07, 6.45) is 4.23. The molecule has 8 heteroatoms. The van der Waals surface area contributed by atoms with Crippen molar-refractivity contribution in [2.75, 3.05) is 19.6 Å². The Morgan fingerprint density at radius 3 is 2.91 bits per heavy atom. The van der Waals surface area contributed by atoms with E-state index in [0.29, 0.717) is 12.8 Å². The Bertz CT molecular complexity index is 597. The van der Waals surface area contributed by atoms with Crippen molar-refractivity contribution in [3.63, 3.8) is 0 Å². The highest BCUT2D eigenvalue weighted by molar-refractivity contribution is 7.07. The number of carbonyl (C=O) groups is 1. The molecule has 1 atom stereocenters. The van der Waals surface area contributed by atoms with E-state index in [0.717, 1.165) is 18.7 Å². The first kappa shape index (κ1) is 17.9. The zero-order valence-electron chi connectivity index (χ0n) is 12.6. The third-order valence-corrected chi connectivity index (χ3v) is 4.88. The Morgan fingerprint density at radius 2 is 2.30 bits per heavy atom. The summed E-state index contributed by atoms with van der Waals surface area (Å²) in [7, 11) is 0. The number of aromatic nitrogens is 2. The van der Waals surface area contributed by atoms with Crippen LogP contribution in [0.3, 0.4) is 0 Å². The van der Waals surface area contributed by atoms with E-state index in [9.17, 15) is 9.90 Å². The number of nitrogens with one attached hydrogen (secondary N) is 2. The fourth-order valence-corrected chi connectivity index (χ4v) is 3.57. The number of aliphatic hydroxyl groups is 1. The quantitative estimate of drug-likeness (QED) is 0.754. The van der Waals surface area contributed by atoms with Gasteiger partial charge in [-0.25, -0.2) is 0 Å². The second-order valence-corrected chi connectivity index (χ2v) is 6.29. The summed E-state index contributed by atoms with van der Waals surface area (Å²) in [4.78, 5) is 12.8. The fraction of sp³-hybridized carbons (Fsp3) is 0.467. The van der Waals surface area contributed by atoms with Gasteiger partial charge < -0.3 is 15.7 Å². The molecule has 0 radical (unpaired) electrons. The van der Waals surface area contributed by atoms with E-state index in [1.54, 1.807) is 10.9 Å². The lowest BCUT2D eigenvalue weighted by Crippen LogP contribution is -2.55. The van der Waals surface area contributed by atoms with Crippen LogP contribution < -0.4 is 10.6 Å². The minimum absolute atomic E-state index is 0. The third-order valence-electron chi connectivity index (χ3n) is 4.18. The zero-order valence-corrected chi connectivity index (χ0v) is 14.3. The summed E-state index contributed by atoms with van der Waals surface area (Å²) in [6.45, 7) is 1.77. The number of nitrogens with zero attached hydrogens (tertiary/aromatic N) is 2. The Kier molecular flexibility index (Phi) is 6.17. The summed E-state index contributed by atoms with van der Waals surface area (Å²) < 4.78 is 1.75. The van der Waals surface area contributed by atoms with Gasteiger partial charge in [-0.1, -0.05) is 0 Å². The molecule has 0 bridgehead atoms. The molecule has 1 fully saturated rings. The van der Waals surface area contributed by atoms with E-state index in [1.165, 1.54) is 11.3 Å². The molecule has 23 heavy (non-hydrogen) atoms. The van der Waals surface area contributed by atoms with E-state index in [1.807, 2.05) is 29.1 Å². The Labute approximate surface area is 145 Å². The molecule has 2 aromatic heterocycles. The van der Waals surface area contributed by atoms with Crippen LogP contribution in [0.15, 0.2) is 35.3 Å². The van der Waals surface area contributed by atoms with Gasteiger partial charge in [-0.05, 0) is 54.4 Å². The number of amides is 1. The van der Waals surface area contributed by atoms with Crippen LogP contribution in [0.2, 0.25) is 0 Å². The van der Waals surface area contributed by atoms with Crippen LogP contribution in [0, 0.1) is 0 Å². The number of hydrogen-bond acceptors (Lipinski definition) is 5. The summed E-state index contributed by atoms with van der Waals surface area (Å²) in [6, 6.07) is 3.70. The van der Waals surface area contributed by atoms with Crippen LogP contribution in [0.1, 0.15) is 24.5 Å². The second-order valence-electron chi connectivity index (χ2n) is 5.51. The average Bonchev–Trinajstić information content (AvgIpc) is 3.25. The molecule has 0 saturated carbocycles. The van der Waals surface area contributed by atoms with Crippen LogP contribution in [0.5, 0.6) is 0 Å². The summed E-state index contributed by atoms with van der Waals surface area (Å²) in [5.41, 5.74) is 0.173. The Morgan fingerprint density at radius 1 is 1.52 bits per heavy atom. The molecule has 3 N–H and O–H groups in total. The van der Waals surface area contributed by atoms with Gasteiger partial charge in [0.2, 0.25) is 5.91 Å². The van der Waals surface area contributed by atoms with Gasteiger partial charge in [0.1, 0.15) is 5.54 Å². The molecule has 3 heterocycles. The first-order valence-corrected chi connectivity index (χ1v) is 8.36. The Balaban J connectivity index is 0.00000192. The third kappa shape index (κ3) is 3.74. The normalized spacial score (nSPS) is 18.0. The van der Waals surface area contributed by atoms with Crippen molar-refractivity contribution >= 4 is 29.7 Å². The van der Waals surface area contributed by atoms with Gasteiger partial charge in [0.15, 0.2) is 0 Å². The molecular formula is C15H21ClN4O2S. The lowest BCUT2D eigenvalue weighted by molar-refractivity contribution is -0.132. The number of carbonyl (C=O) groups excluding carboxylic acids is 1. The second kappa shape index (κ2) is 7.92. The topological polar surface area (TPSA) is 79.2 Å². The maximum absolute atomic E-state index is 12.8. The molecule has 126 valence electrons. The highest BCUT2D eigenvalue weighted by Crippen LogP contribution is 2.27. The van der Waals surface area contributed by atoms with Gasteiger partial charge in [-0.3, -0.25) is 9.48 Å². The van der Waals surface area contributed by atoms with Crippen LogP contribution in [0.25, 0.3) is 0 Å². The van der Waals surface area contributed by atoms with Crippen molar-refractivity contribution in [2.24, 2.45) is 0 Å². The standard InChI is InChI=1S/C15H20N4O2S.ClH/c20-13(12-2-9-22-11-12)10-17-14(21)15(3-6-16-7-4-15)19-8-1-5-18-19;/h1-2,5,8-9,11,13,16,20H,3-4,6-7,10H2,(H,17,21);1H. The molecule has 1 unspecified atom stereocenters. The minimum Gasteiger partial charge on any atom is -0.387 e. The van der Waals surface area contributed by atoms with Gasteiger partial charge in [-0.2, -0.15) is 16.4 Å². The number of thiophene rings is 1. The van der Waals surface area contributed by atoms with Crippen molar-refractivity contribution in [1.82, 2.24) is 20.4 Å². The molecule has 3 rings (SSSR count). The van der Waals surface area contributed by atoms with E-state index in [2.05, 4.69) is 15.7 Å². The number of rotatable bonds is 5.